The average molecular weight is 339 g/mol. The summed E-state index contributed by atoms with van der Waals surface area (Å²) in [6, 6.07) is 11.9. The van der Waals surface area contributed by atoms with E-state index >= 15 is 0 Å². The SMILES string of the molecule is CCOC(=O)C(C(=O)OCC)=c1c2cccc3cccc(c32)n1CC. The van der Waals surface area contributed by atoms with Crippen LogP contribution in [0.2, 0.25) is 0 Å². The fourth-order valence-electron chi connectivity index (χ4n) is 3.29. The molecule has 2 aromatic carbocycles. The monoisotopic (exact) mass is 339 g/mol. The first-order valence-corrected chi connectivity index (χ1v) is 8.52. The van der Waals surface area contributed by atoms with Gasteiger partial charge in [0.2, 0.25) is 0 Å². The molecule has 5 nitrogen and oxygen atoms in total. The zero-order valence-electron chi connectivity index (χ0n) is 14.7. The van der Waals surface area contributed by atoms with Gasteiger partial charge in [-0.05, 0) is 32.2 Å². The molecule has 5 heteroatoms. The number of hydrogen-bond acceptors (Lipinski definition) is 4. The van der Waals surface area contributed by atoms with Gasteiger partial charge in [-0.3, -0.25) is 0 Å². The van der Waals surface area contributed by atoms with Gasteiger partial charge in [-0.25, -0.2) is 9.59 Å². The summed E-state index contributed by atoms with van der Waals surface area (Å²) in [5, 5.41) is 3.51. The van der Waals surface area contributed by atoms with Gasteiger partial charge in [-0.15, -0.1) is 0 Å². The second-order valence-corrected chi connectivity index (χ2v) is 5.59. The van der Waals surface area contributed by atoms with E-state index in [9.17, 15) is 9.59 Å². The molecule has 0 saturated heterocycles. The molecular weight excluding hydrogens is 318 g/mol. The fourth-order valence-corrected chi connectivity index (χ4v) is 3.29. The number of hydrogen-bond donors (Lipinski definition) is 0. The van der Waals surface area contributed by atoms with E-state index in [0.717, 1.165) is 21.7 Å². The van der Waals surface area contributed by atoms with E-state index in [0.29, 0.717) is 11.9 Å². The summed E-state index contributed by atoms with van der Waals surface area (Å²) >= 11 is 0. The number of rotatable bonds is 5. The Morgan fingerprint density at radius 2 is 1.52 bits per heavy atom. The summed E-state index contributed by atoms with van der Waals surface area (Å²) in [6.45, 7) is 6.42. The van der Waals surface area contributed by atoms with Crippen LogP contribution in [0.4, 0.5) is 0 Å². The van der Waals surface area contributed by atoms with E-state index in [2.05, 4.69) is 0 Å². The minimum absolute atomic E-state index is 0.0470. The number of esters is 2. The molecular formula is C20H21NO4. The number of carbonyl (C=O) groups excluding carboxylic acids is 2. The Hall–Kier alpha value is -2.82. The molecule has 0 atom stereocenters. The van der Waals surface area contributed by atoms with Gasteiger partial charge in [0.25, 0.3) is 0 Å². The van der Waals surface area contributed by atoms with E-state index in [-0.39, 0.29) is 18.8 Å². The van der Waals surface area contributed by atoms with E-state index < -0.39 is 11.9 Å². The molecule has 0 fully saturated rings. The number of benzene rings is 2. The minimum Gasteiger partial charge on any atom is -0.462 e. The second-order valence-electron chi connectivity index (χ2n) is 5.59. The van der Waals surface area contributed by atoms with Gasteiger partial charge >= 0.3 is 11.9 Å². The normalized spacial score (nSPS) is 11.0. The zero-order valence-corrected chi connectivity index (χ0v) is 14.7. The smallest absolute Gasteiger partial charge is 0.347 e. The summed E-state index contributed by atoms with van der Waals surface area (Å²) < 4.78 is 12.3. The van der Waals surface area contributed by atoms with Crippen LogP contribution in [0.15, 0.2) is 36.4 Å². The second kappa shape index (κ2) is 6.97. The van der Waals surface area contributed by atoms with Crippen LogP contribution in [0.3, 0.4) is 0 Å². The van der Waals surface area contributed by atoms with Crippen molar-refractivity contribution in [3.63, 3.8) is 0 Å². The third-order valence-electron chi connectivity index (χ3n) is 4.21. The molecule has 3 rings (SSSR count). The number of aryl methyl sites for hydroxylation is 1. The first-order valence-electron chi connectivity index (χ1n) is 8.52. The average Bonchev–Trinajstić information content (AvgIpc) is 2.92. The first kappa shape index (κ1) is 17.0. The van der Waals surface area contributed by atoms with Crippen molar-refractivity contribution in [1.29, 1.82) is 0 Å². The maximum atomic E-state index is 12.6. The van der Waals surface area contributed by atoms with Gasteiger partial charge < -0.3 is 14.0 Å². The highest BCUT2D eigenvalue weighted by molar-refractivity contribution is 6.37. The number of carbonyl (C=O) groups is 2. The largest absolute Gasteiger partial charge is 0.462 e. The van der Waals surface area contributed by atoms with Crippen molar-refractivity contribution in [1.82, 2.24) is 4.57 Å². The predicted octanol–water partition coefficient (Wildman–Crippen LogP) is 2.81. The molecule has 0 unspecified atom stereocenters. The minimum atomic E-state index is -0.654. The standard InChI is InChI=1S/C20H21NO4/c1-4-21-15-12-8-10-13-9-7-11-14(16(13)15)18(21)17(19(22)24-5-2)20(23)25-6-3/h7-12H,4-6H2,1-3H3. The molecule has 0 aliphatic carbocycles. The lowest BCUT2D eigenvalue weighted by atomic mass is 10.1. The van der Waals surface area contributed by atoms with Crippen LogP contribution in [-0.4, -0.2) is 29.7 Å². The molecule has 130 valence electrons. The van der Waals surface area contributed by atoms with Crippen LogP contribution in [0.1, 0.15) is 20.8 Å². The van der Waals surface area contributed by atoms with Crippen molar-refractivity contribution >= 4 is 39.2 Å². The van der Waals surface area contributed by atoms with Crippen LogP contribution in [0, 0.1) is 0 Å². The summed E-state index contributed by atoms with van der Waals surface area (Å²) in [4.78, 5) is 25.1. The highest BCUT2D eigenvalue weighted by Gasteiger charge is 2.26. The molecule has 1 aromatic heterocycles. The molecule has 0 amide bonds. The summed E-state index contributed by atoms with van der Waals surface area (Å²) in [5.41, 5.74) is 0.936. The van der Waals surface area contributed by atoms with E-state index in [1.165, 1.54) is 0 Å². The molecule has 25 heavy (non-hydrogen) atoms. The van der Waals surface area contributed by atoms with Crippen LogP contribution in [0.5, 0.6) is 0 Å². The van der Waals surface area contributed by atoms with Crippen LogP contribution < -0.4 is 5.35 Å². The highest BCUT2D eigenvalue weighted by atomic mass is 16.6. The molecule has 0 radical (unpaired) electrons. The lowest BCUT2D eigenvalue weighted by molar-refractivity contribution is -0.142. The number of aromatic nitrogens is 1. The Balaban J connectivity index is 2.52. The molecule has 0 aliphatic heterocycles. The van der Waals surface area contributed by atoms with E-state index in [4.69, 9.17) is 9.47 Å². The lowest BCUT2D eigenvalue weighted by Gasteiger charge is -2.08. The topological polar surface area (TPSA) is 57.5 Å². The molecule has 0 bridgehead atoms. The summed E-state index contributed by atoms with van der Waals surface area (Å²) in [6.07, 6.45) is 0. The predicted molar refractivity (Wildman–Crippen MR) is 97.0 cm³/mol. The molecule has 0 saturated carbocycles. The van der Waals surface area contributed by atoms with Gasteiger partial charge in [-0.2, -0.15) is 0 Å². The van der Waals surface area contributed by atoms with Crippen molar-refractivity contribution in [3.8, 4) is 0 Å². The Morgan fingerprint density at radius 1 is 0.920 bits per heavy atom. The molecule has 0 spiro atoms. The van der Waals surface area contributed by atoms with E-state index in [1.54, 1.807) is 13.8 Å². The third-order valence-corrected chi connectivity index (χ3v) is 4.21. The fraction of sp³-hybridized carbons (Fsp3) is 0.300. The number of ether oxygens (including phenoxy) is 2. The highest BCUT2D eigenvalue weighted by Crippen LogP contribution is 2.26. The van der Waals surface area contributed by atoms with Crippen LogP contribution in [-0.2, 0) is 25.6 Å². The Labute approximate surface area is 145 Å². The van der Waals surface area contributed by atoms with Crippen molar-refractivity contribution in [2.24, 2.45) is 0 Å². The Kier molecular flexibility index (Phi) is 4.74. The van der Waals surface area contributed by atoms with Gasteiger partial charge in [0.05, 0.1) is 18.6 Å². The van der Waals surface area contributed by atoms with Crippen molar-refractivity contribution in [3.05, 3.63) is 41.7 Å². The van der Waals surface area contributed by atoms with Crippen LogP contribution in [0.25, 0.3) is 27.2 Å². The summed E-state index contributed by atoms with van der Waals surface area (Å²) in [7, 11) is 0. The Morgan fingerprint density at radius 3 is 2.08 bits per heavy atom. The molecule has 3 aromatic rings. The lowest BCUT2D eigenvalue weighted by Crippen LogP contribution is -2.29. The van der Waals surface area contributed by atoms with Crippen molar-refractivity contribution in [2.45, 2.75) is 27.3 Å². The van der Waals surface area contributed by atoms with Gasteiger partial charge in [0.15, 0.2) is 5.57 Å². The van der Waals surface area contributed by atoms with Gasteiger partial charge in [0.1, 0.15) is 0 Å². The van der Waals surface area contributed by atoms with Crippen molar-refractivity contribution < 1.29 is 19.1 Å². The first-order chi connectivity index (χ1) is 12.1. The van der Waals surface area contributed by atoms with E-state index in [1.807, 2.05) is 47.9 Å². The van der Waals surface area contributed by atoms with Gasteiger partial charge in [0, 0.05) is 22.8 Å². The third kappa shape index (κ3) is 2.76. The zero-order chi connectivity index (χ0) is 18.0. The molecule has 1 heterocycles. The molecule has 0 aliphatic rings. The number of nitrogens with zero attached hydrogens (tertiary/aromatic N) is 1. The van der Waals surface area contributed by atoms with Gasteiger partial charge in [-0.1, -0.05) is 30.3 Å². The maximum absolute atomic E-state index is 12.6. The molecule has 0 N–H and O–H groups in total. The quantitative estimate of drug-likeness (QED) is 0.530. The van der Waals surface area contributed by atoms with Crippen molar-refractivity contribution in [2.75, 3.05) is 13.2 Å². The maximum Gasteiger partial charge on any atom is 0.347 e. The Bertz CT molecular complexity index is 974. The van der Waals surface area contributed by atoms with Crippen LogP contribution >= 0.6 is 0 Å². The summed E-state index contributed by atoms with van der Waals surface area (Å²) in [5.74, 6) is -1.31.